The third-order valence-electron chi connectivity index (χ3n) is 4.72. The molecule has 3 rings (SSSR count). The molecule has 3 aromatic rings. The maximum Gasteiger partial charge on any atom is 0.387 e. The van der Waals surface area contributed by atoms with Gasteiger partial charge in [-0.25, -0.2) is 4.39 Å². The van der Waals surface area contributed by atoms with Gasteiger partial charge in [0.2, 0.25) is 0 Å². The number of fused-ring (bicyclic) bond motifs is 1. The van der Waals surface area contributed by atoms with Crippen LogP contribution in [-0.4, -0.2) is 6.61 Å². The van der Waals surface area contributed by atoms with Crippen LogP contribution < -0.4 is 4.74 Å². The zero-order chi connectivity index (χ0) is 20.8. The summed E-state index contributed by atoms with van der Waals surface area (Å²) < 4.78 is 46.1. The number of hydrogen-bond acceptors (Lipinski definition) is 1. The van der Waals surface area contributed by atoms with E-state index in [-0.39, 0.29) is 11.3 Å². The first-order valence-electron chi connectivity index (χ1n) is 9.57. The van der Waals surface area contributed by atoms with Crippen LogP contribution in [0.1, 0.15) is 31.4 Å². The minimum Gasteiger partial charge on any atom is -0.434 e. The fraction of sp³-hybridized carbons (Fsp3) is 0.200. The van der Waals surface area contributed by atoms with Gasteiger partial charge < -0.3 is 4.74 Å². The Bertz CT molecular complexity index is 1030. The minimum atomic E-state index is -3.04. The van der Waals surface area contributed by atoms with Crippen molar-refractivity contribution in [2.75, 3.05) is 0 Å². The molecule has 0 aliphatic rings. The Labute approximate surface area is 169 Å². The van der Waals surface area contributed by atoms with Crippen LogP contribution in [0.2, 0.25) is 0 Å². The molecule has 0 N–H and O–H groups in total. The number of hydrogen-bond donors (Lipinski definition) is 0. The summed E-state index contributed by atoms with van der Waals surface area (Å²) in [5, 5.41) is 0.882. The lowest BCUT2D eigenvalue weighted by molar-refractivity contribution is -0.0494. The molecule has 0 spiro atoms. The summed E-state index contributed by atoms with van der Waals surface area (Å²) >= 11 is 0. The highest BCUT2D eigenvalue weighted by Crippen LogP contribution is 2.39. The SMILES string of the molecule is C/C=C/CCc1ccc(-c2c(OC(F)F)cc3cc(/C=C/C)ccc3c2F)cc1. The molecule has 0 atom stereocenters. The molecule has 0 saturated heterocycles. The average Bonchev–Trinajstić information content (AvgIpc) is 2.69. The smallest absolute Gasteiger partial charge is 0.387 e. The molecule has 0 heterocycles. The fourth-order valence-corrected chi connectivity index (χ4v) is 3.37. The van der Waals surface area contributed by atoms with Crippen LogP contribution in [0.4, 0.5) is 13.2 Å². The summed E-state index contributed by atoms with van der Waals surface area (Å²) in [4.78, 5) is 0. The van der Waals surface area contributed by atoms with Gasteiger partial charge in [0.1, 0.15) is 11.6 Å². The van der Waals surface area contributed by atoms with E-state index in [1.54, 1.807) is 30.3 Å². The summed E-state index contributed by atoms with van der Waals surface area (Å²) in [6, 6.07) is 14.0. The molecule has 0 amide bonds. The van der Waals surface area contributed by atoms with Crippen LogP contribution in [0.5, 0.6) is 5.75 Å². The van der Waals surface area contributed by atoms with Crippen molar-refractivity contribution >= 4 is 16.8 Å². The fourth-order valence-electron chi connectivity index (χ4n) is 3.37. The van der Waals surface area contributed by atoms with Crippen molar-refractivity contribution in [2.24, 2.45) is 0 Å². The van der Waals surface area contributed by atoms with Gasteiger partial charge in [-0.3, -0.25) is 0 Å². The van der Waals surface area contributed by atoms with Gasteiger partial charge in [0.25, 0.3) is 0 Å². The number of allylic oxidation sites excluding steroid dienone is 3. The molecular weight excluding hydrogens is 373 g/mol. The van der Waals surface area contributed by atoms with Gasteiger partial charge in [-0.15, -0.1) is 0 Å². The molecule has 0 radical (unpaired) electrons. The van der Waals surface area contributed by atoms with Crippen LogP contribution in [-0.2, 0) is 6.42 Å². The van der Waals surface area contributed by atoms with Gasteiger partial charge in [-0.1, -0.05) is 60.7 Å². The van der Waals surface area contributed by atoms with Gasteiger partial charge in [0.15, 0.2) is 0 Å². The number of aryl methyl sites for hydroxylation is 1. The normalized spacial score (nSPS) is 11.9. The number of halogens is 3. The second kappa shape index (κ2) is 9.46. The lowest BCUT2D eigenvalue weighted by atomic mass is 9.96. The molecule has 0 aromatic heterocycles. The van der Waals surface area contributed by atoms with Crippen LogP contribution in [0.15, 0.2) is 66.8 Å². The van der Waals surface area contributed by atoms with E-state index in [1.165, 1.54) is 6.07 Å². The summed E-state index contributed by atoms with van der Waals surface area (Å²) in [6.45, 7) is 0.809. The van der Waals surface area contributed by atoms with E-state index in [1.807, 2.05) is 44.2 Å². The molecule has 0 saturated carbocycles. The predicted octanol–water partition coefficient (Wildman–Crippen LogP) is 7.79. The van der Waals surface area contributed by atoms with Gasteiger partial charge >= 0.3 is 6.61 Å². The van der Waals surface area contributed by atoms with Crippen molar-refractivity contribution in [2.45, 2.75) is 33.3 Å². The molecular formula is C25H23F3O. The minimum absolute atomic E-state index is 0.0524. The quantitative estimate of drug-likeness (QED) is 0.370. The first kappa shape index (κ1) is 20.7. The molecule has 0 aliphatic heterocycles. The molecule has 3 aromatic carbocycles. The first-order valence-corrected chi connectivity index (χ1v) is 9.57. The van der Waals surface area contributed by atoms with E-state index in [2.05, 4.69) is 6.08 Å². The summed E-state index contributed by atoms with van der Waals surface area (Å²) in [6.07, 6.45) is 9.57. The maximum absolute atomic E-state index is 15.4. The summed E-state index contributed by atoms with van der Waals surface area (Å²) in [5.41, 5.74) is 2.52. The lowest BCUT2D eigenvalue weighted by Gasteiger charge is -2.15. The van der Waals surface area contributed by atoms with E-state index in [0.717, 1.165) is 24.0 Å². The zero-order valence-electron chi connectivity index (χ0n) is 16.5. The summed E-state index contributed by atoms with van der Waals surface area (Å²) in [7, 11) is 0. The maximum atomic E-state index is 15.4. The highest BCUT2D eigenvalue weighted by atomic mass is 19.3. The van der Waals surface area contributed by atoms with Crippen LogP contribution in [0, 0.1) is 5.82 Å². The van der Waals surface area contributed by atoms with E-state index >= 15 is 4.39 Å². The lowest BCUT2D eigenvalue weighted by Crippen LogP contribution is -2.05. The van der Waals surface area contributed by atoms with Crippen LogP contribution in [0.25, 0.3) is 28.0 Å². The molecule has 0 bridgehead atoms. The Morgan fingerprint density at radius 1 is 0.966 bits per heavy atom. The highest BCUT2D eigenvalue weighted by Gasteiger charge is 2.19. The largest absolute Gasteiger partial charge is 0.434 e. The van der Waals surface area contributed by atoms with Crippen molar-refractivity contribution in [3.05, 3.63) is 83.7 Å². The Kier molecular flexibility index (Phi) is 6.76. The van der Waals surface area contributed by atoms with Gasteiger partial charge in [0.05, 0.1) is 5.56 Å². The van der Waals surface area contributed by atoms with Crippen molar-refractivity contribution in [3.8, 4) is 16.9 Å². The Morgan fingerprint density at radius 2 is 1.72 bits per heavy atom. The standard InChI is InChI=1S/C25H23F3O/c1-3-5-6-8-17-9-12-19(13-10-17)23-22(29-25(27)28)16-20-15-18(7-4-2)11-14-21(20)24(23)26/h3-5,7,9-16,25H,6,8H2,1-2H3/b5-3+,7-4+. The van der Waals surface area contributed by atoms with Crippen molar-refractivity contribution in [1.82, 2.24) is 0 Å². The third-order valence-corrected chi connectivity index (χ3v) is 4.72. The number of rotatable bonds is 7. The molecule has 4 heteroatoms. The molecule has 150 valence electrons. The van der Waals surface area contributed by atoms with Crippen LogP contribution in [0.3, 0.4) is 0 Å². The third kappa shape index (κ3) is 4.89. The Hall–Kier alpha value is -3.01. The molecule has 0 fully saturated rings. The highest BCUT2D eigenvalue weighted by molar-refractivity contribution is 5.93. The van der Waals surface area contributed by atoms with Crippen LogP contribution >= 0.6 is 0 Å². The van der Waals surface area contributed by atoms with Crippen molar-refractivity contribution in [1.29, 1.82) is 0 Å². The molecule has 0 unspecified atom stereocenters. The second-order valence-electron chi connectivity index (χ2n) is 6.73. The van der Waals surface area contributed by atoms with E-state index in [4.69, 9.17) is 4.74 Å². The van der Waals surface area contributed by atoms with Crippen molar-refractivity contribution in [3.63, 3.8) is 0 Å². The Balaban J connectivity index is 2.09. The van der Waals surface area contributed by atoms with Gasteiger partial charge in [-0.05, 0) is 60.9 Å². The van der Waals surface area contributed by atoms with Gasteiger partial charge in [-0.2, -0.15) is 8.78 Å². The summed E-state index contributed by atoms with van der Waals surface area (Å²) in [5.74, 6) is -0.726. The van der Waals surface area contributed by atoms with Gasteiger partial charge in [0, 0.05) is 5.39 Å². The first-order chi connectivity index (χ1) is 14.0. The number of benzene rings is 3. The van der Waals surface area contributed by atoms with E-state index < -0.39 is 12.4 Å². The van der Waals surface area contributed by atoms with E-state index in [0.29, 0.717) is 16.3 Å². The number of alkyl halides is 2. The average molecular weight is 396 g/mol. The van der Waals surface area contributed by atoms with Crippen molar-refractivity contribution < 1.29 is 17.9 Å². The monoisotopic (exact) mass is 396 g/mol. The molecule has 1 nitrogen and oxygen atoms in total. The zero-order valence-corrected chi connectivity index (χ0v) is 16.5. The molecule has 0 aliphatic carbocycles. The Morgan fingerprint density at radius 3 is 2.38 bits per heavy atom. The number of ether oxygens (including phenoxy) is 1. The van der Waals surface area contributed by atoms with E-state index in [9.17, 15) is 8.78 Å². The second-order valence-corrected chi connectivity index (χ2v) is 6.73. The predicted molar refractivity (Wildman–Crippen MR) is 114 cm³/mol. The molecule has 29 heavy (non-hydrogen) atoms. The topological polar surface area (TPSA) is 9.23 Å².